The maximum absolute atomic E-state index is 12.2. The van der Waals surface area contributed by atoms with Crippen LogP contribution in [0.4, 0.5) is 0 Å². The molecular formula is C26H32O4. The summed E-state index contributed by atoms with van der Waals surface area (Å²) in [6, 6.07) is 6.02. The average molecular weight is 409 g/mol. The van der Waals surface area contributed by atoms with Gasteiger partial charge in [0.2, 0.25) is 0 Å². The summed E-state index contributed by atoms with van der Waals surface area (Å²) in [5.74, 6) is 4.58. The first-order valence-corrected chi connectivity index (χ1v) is 11.2. The van der Waals surface area contributed by atoms with E-state index in [1.165, 1.54) is 50.7 Å². The minimum absolute atomic E-state index is 0.0135. The standard InChI is InChI=1S/C26H32O4/c1-6-25(4)13-12-23-22-9-7-18-15-19(30-24(28)16(2)29-17(3)27)8-10-20(18)21(22)11-14-26(23,25)5/h1,8,10,15-16,21-23H,7,9,11-14H2,2-5H3/t16-,21?,22?,23?,25?,26-/m0/s1. The van der Waals surface area contributed by atoms with Gasteiger partial charge in [0.15, 0.2) is 6.10 Å². The van der Waals surface area contributed by atoms with E-state index in [1.807, 2.05) is 12.1 Å². The summed E-state index contributed by atoms with van der Waals surface area (Å²) in [7, 11) is 0. The summed E-state index contributed by atoms with van der Waals surface area (Å²) < 4.78 is 10.4. The highest BCUT2D eigenvalue weighted by molar-refractivity contribution is 5.80. The van der Waals surface area contributed by atoms with Gasteiger partial charge in [-0.25, -0.2) is 4.79 Å². The predicted octanol–water partition coefficient (Wildman–Crippen LogP) is 5.04. The molecule has 2 saturated carbocycles. The lowest BCUT2D eigenvalue weighted by Crippen LogP contribution is -2.45. The summed E-state index contributed by atoms with van der Waals surface area (Å²) in [4.78, 5) is 23.2. The number of fused-ring (bicyclic) bond motifs is 5. The molecule has 4 heteroatoms. The number of terminal acetylenes is 1. The Kier molecular flexibility index (Phi) is 5.21. The average Bonchev–Trinajstić information content (AvgIpc) is 2.98. The third kappa shape index (κ3) is 3.23. The van der Waals surface area contributed by atoms with Crippen LogP contribution in [0.5, 0.6) is 5.75 Å². The quantitative estimate of drug-likeness (QED) is 0.399. The summed E-state index contributed by atoms with van der Waals surface area (Å²) in [6.07, 6.45) is 12.0. The van der Waals surface area contributed by atoms with Crippen LogP contribution in [0.3, 0.4) is 0 Å². The van der Waals surface area contributed by atoms with Crippen molar-refractivity contribution in [1.29, 1.82) is 0 Å². The minimum atomic E-state index is -0.910. The van der Waals surface area contributed by atoms with Gasteiger partial charge in [0.05, 0.1) is 0 Å². The number of benzene rings is 1. The topological polar surface area (TPSA) is 52.6 Å². The molecule has 2 fully saturated rings. The van der Waals surface area contributed by atoms with Gasteiger partial charge in [-0.1, -0.05) is 18.9 Å². The van der Waals surface area contributed by atoms with E-state index in [2.05, 4.69) is 25.8 Å². The summed E-state index contributed by atoms with van der Waals surface area (Å²) >= 11 is 0. The van der Waals surface area contributed by atoms with Gasteiger partial charge in [-0.2, -0.15) is 0 Å². The van der Waals surface area contributed by atoms with E-state index in [4.69, 9.17) is 15.9 Å². The van der Waals surface area contributed by atoms with E-state index in [9.17, 15) is 9.59 Å². The van der Waals surface area contributed by atoms with Crippen molar-refractivity contribution < 1.29 is 19.1 Å². The molecule has 4 unspecified atom stereocenters. The first kappa shape index (κ1) is 21.0. The van der Waals surface area contributed by atoms with Crippen LogP contribution in [0.1, 0.15) is 76.8 Å². The molecular weight excluding hydrogens is 376 g/mol. The predicted molar refractivity (Wildman–Crippen MR) is 115 cm³/mol. The summed E-state index contributed by atoms with van der Waals surface area (Å²) in [6.45, 7) is 7.53. The third-order valence-corrected chi connectivity index (χ3v) is 8.52. The van der Waals surface area contributed by atoms with Gasteiger partial charge < -0.3 is 9.47 Å². The van der Waals surface area contributed by atoms with Crippen LogP contribution in [0.25, 0.3) is 0 Å². The molecule has 160 valence electrons. The Bertz CT molecular complexity index is 912. The fraction of sp³-hybridized carbons (Fsp3) is 0.615. The van der Waals surface area contributed by atoms with Crippen molar-refractivity contribution in [3.63, 3.8) is 0 Å². The second-order valence-corrected chi connectivity index (χ2v) is 9.92. The zero-order valence-electron chi connectivity index (χ0n) is 18.5. The number of ether oxygens (including phenoxy) is 2. The van der Waals surface area contributed by atoms with Gasteiger partial charge in [0.1, 0.15) is 5.75 Å². The van der Waals surface area contributed by atoms with Crippen molar-refractivity contribution in [3.05, 3.63) is 29.3 Å². The van der Waals surface area contributed by atoms with E-state index in [-0.39, 0.29) is 10.8 Å². The second kappa shape index (κ2) is 7.45. The minimum Gasteiger partial charge on any atom is -0.451 e. The smallest absolute Gasteiger partial charge is 0.352 e. The monoisotopic (exact) mass is 408 g/mol. The summed E-state index contributed by atoms with van der Waals surface area (Å²) in [5, 5.41) is 0. The van der Waals surface area contributed by atoms with Crippen molar-refractivity contribution in [1.82, 2.24) is 0 Å². The lowest BCUT2D eigenvalue weighted by molar-refractivity contribution is -0.159. The van der Waals surface area contributed by atoms with E-state index < -0.39 is 18.0 Å². The Hall–Kier alpha value is -2.28. The Morgan fingerprint density at radius 1 is 1.20 bits per heavy atom. The van der Waals surface area contributed by atoms with E-state index in [1.54, 1.807) is 0 Å². The Labute approximate surface area is 179 Å². The molecule has 0 bridgehead atoms. The molecule has 0 amide bonds. The van der Waals surface area contributed by atoms with E-state index >= 15 is 0 Å². The van der Waals surface area contributed by atoms with Crippen molar-refractivity contribution in [3.8, 4) is 18.1 Å². The fourth-order valence-electron chi connectivity index (χ4n) is 6.62. The first-order chi connectivity index (χ1) is 14.2. The van der Waals surface area contributed by atoms with Crippen LogP contribution in [-0.4, -0.2) is 18.0 Å². The highest BCUT2D eigenvalue weighted by Crippen LogP contribution is 2.67. The van der Waals surface area contributed by atoms with Crippen LogP contribution in [0, 0.1) is 35.0 Å². The molecule has 3 aliphatic carbocycles. The van der Waals surface area contributed by atoms with Crippen molar-refractivity contribution >= 4 is 11.9 Å². The van der Waals surface area contributed by atoms with Crippen molar-refractivity contribution in [2.24, 2.45) is 22.7 Å². The number of hydrogen-bond acceptors (Lipinski definition) is 4. The molecule has 0 saturated heterocycles. The Balaban J connectivity index is 1.52. The van der Waals surface area contributed by atoms with E-state index in [0.717, 1.165) is 12.8 Å². The number of esters is 2. The zero-order chi connectivity index (χ0) is 21.7. The molecule has 0 aliphatic heterocycles. The number of rotatable bonds is 3. The van der Waals surface area contributed by atoms with Gasteiger partial charge in [0, 0.05) is 12.3 Å². The molecule has 0 N–H and O–H groups in total. The molecule has 0 radical (unpaired) electrons. The maximum atomic E-state index is 12.2. The number of aryl methyl sites for hydroxylation is 1. The van der Waals surface area contributed by atoms with Crippen molar-refractivity contribution in [2.45, 2.75) is 78.2 Å². The molecule has 0 heterocycles. The third-order valence-electron chi connectivity index (χ3n) is 8.52. The van der Waals surface area contributed by atoms with Crippen LogP contribution in [-0.2, 0) is 20.7 Å². The SMILES string of the molecule is C#CC1(C)CCC2C3CCc4cc(OC(=O)[C@H](C)OC(C)=O)ccc4C3CC[C@@]21C. The van der Waals surface area contributed by atoms with Gasteiger partial charge in [-0.3, -0.25) is 4.79 Å². The van der Waals surface area contributed by atoms with Gasteiger partial charge in [0.25, 0.3) is 0 Å². The van der Waals surface area contributed by atoms with Crippen LogP contribution in [0.2, 0.25) is 0 Å². The van der Waals surface area contributed by atoms with Crippen LogP contribution in [0.15, 0.2) is 18.2 Å². The van der Waals surface area contributed by atoms with Gasteiger partial charge in [-0.05, 0) is 98.8 Å². The lowest BCUT2D eigenvalue weighted by Gasteiger charge is -2.53. The Morgan fingerprint density at radius 2 is 1.97 bits per heavy atom. The molecule has 1 aromatic rings. The number of hydrogen-bond donors (Lipinski definition) is 0. The Morgan fingerprint density at radius 3 is 2.67 bits per heavy atom. The molecule has 30 heavy (non-hydrogen) atoms. The fourth-order valence-corrected chi connectivity index (χ4v) is 6.62. The molecule has 6 atom stereocenters. The number of carbonyl (C=O) groups excluding carboxylic acids is 2. The van der Waals surface area contributed by atoms with Crippen LogP contribution < -0.4 is 4.74 Å². The van der Waals surface area contributed by atoms with Gasteiger partial charge in [-0.15, -0.1) is 6.42 Å². The maximum Gasteiger partial charge on any atom is 0.352 e. The molecule has 4 rings (SSSR count). The van der Waals surface area contributed by atoms with Crippen molar-refractivity contribution in [2.75, 3.05) is 0 Å². The summed E-state index contributed by atoms with van der Waals surface area (Å²) in [5.41, 5.74) is 2.95. The molecule has 1 aromatic carbocycles. The zero-order valence-corrected chi connectivity index (χ0v) is 18.5. The molecule has 4 nitrogen and oxygen atoms in total. The molecule has 0 spiro atoms. The van der Waals surface area contributed by atoms with Gasteiger partial charge >= 0.3 is 11.9 Å². The second-order valence-electron chi connectivity index (χ2n) is 9.92. The van der Waals surface area contributed by atoms with E-state index in [0.29, 0.717) is 23.5 Å². The lowest BCUT2D eigenvalue weighted by atomic mass is 9.51. The highest BCUT2D eigenvalue weighted by Gasteiger charge is 2.59. The first-order valence-electron chi connectivity index (χ1n) is 11.2. The van der Waals surface area contributed by atoms with Crippen LogP contribution >= 0.6 is 0 Å². The molecule has 3 aliphatic rings. The number of carbonyl (C=O) groups is 2. The molecule has 0 aromatic heterocycles. The largest absolute Gasteiger partial charge is 0.451 e. The normalized spacial score (nSPS) is 35.2. The highest BCUT2D eigenvalue weighted by atomic mass is 16.6.